The molecule has 0 aromatic heterocycles. The summed E-state index contributed by atoms with van der Waals surface area (Å²) in [6, 6.07) is 17.7. The molecule has 0 aliphatic heterocycles. The molecule has 2 N–H and O–H groups in total. The minimum absolute atomic E-state index is 0.0143. The number of para-hydroxylation sites is 1. The average Bonchev–Trinajstić information content (AvgIpc) is 2.49. The zero-order valence-corrected chi connectivity index (χ0v) is 13.3. The molecule has 0 saturated heterocycles. The molecule has 2 aromatic rings. The van der Waals surface area contributed by atoms with Crippen LogP contribution >= 0.6 is 11.6 Å². The molecule has 0 heterocycles. The van der Waals surface area contributed by atoms with Crippen LogP contribution in [0.2, 0.25) is 5.02 Å². The molecule has 1 unspecified atom stereocenters. The van der Waals surface area contributed by atoms with Gasteiger partial charge < -0.3 is 10.4 Å². The summed E-state index contributed by atoms with van der Waals surface area (Å²) in [5.74, 6) is 0.437. The van der Waals surface area contributed by atoms with E-state index in [2.05, 4.69) is 19.2 Å². The zero-order valence-electron chi connectivity index (χ0n) is 12.5. The summed E-state index contributed by atoms with van der Waals surface area (Å²) in [6.45, 7) is 4.32. The molecule has 0 aliphatic carbocycles. The van der Waals surface area contributed by atoms with Crippen LogP contribution in [0.25, 0.3) is 0 Å². The molecular formula is C18H22ClNO. The predicted molar refractivity (Wildman–Crippen MR) is 89.7 cm³/mol. The fourth-order valence-corrected chi connectivity index (χ4v) is 2.89. The average molecular weight is 304 g/mol. The number of nitrogens with one attached hydrogen (secondary N) is 1. The highest BCUT2D eigenvalue weighted by molar-refractivity contribution is 6.33. The van der Waals surface area contributed by atoms with Crippen LogP contribution in [0.1, 0.15) is 25.8 Å². The number of aliphatic hydroxyl groups excluding tert-OH is 1. The van der Waals surface area contributed by atoms with Gasteiger partial charge in [-0.1, -0.05) is 67.9 Å². The van der Waals surface area contributed by atoms with Crippen molar-refractivity contribution in [1.29, 1.82) is 0 Å². The lowest BCUT2D eigenvalue weighted by Gasteiger charge is -2.36. The van der Waals surface area contributed by atoms with Gasteiger partial charge in [-0.05, 0) is 30.0 Å². The van der Waals surface area contributed by atoms with E-state index >= 15 is 0 Å². The Hall–Kier alpha value is -1.51. The van der Waals surface area contributed by atoms with Crippen LogP contribution in [0.3, 0.4) is 0 Å². The van der Waals surface area contributed by atoms with Crippen molar-refractivity contribution in [2.75, 3.05) is 11.9 Å². The van der Waals surface area contributed by atoms with E-state index in [1.165, 1.54) is 0 Å². The van der Waals surface area contributed by atoms with Crippen LogP contribution < -0.4 is 5.32 Å². The Labute approximate surface area is 131 Å². The Bertz CT molecular complexity index is 570. The molecule has 2 aromatic carbocycles. The maximum absolute atomic E-state index is 10.1. The summed E-state index contributed by atoms with van der Waals surface area (Å²) in [4.78, 5) is 0. The molecule has 2 nitrogen and oxygen atoms in total. The Morgan fingerprint density at radius 2 is 1.67 bits per heavy atom. The first-order valence-electron chi connectivity index (χ1n) is 7.26. The van der Waals surface area contributed by atoms with Gasteiger partial charge in [-0.15, -0.1) is 0 Å². The first-order chi connectivity index (χ1) is 10.1. The van der Waals surface area contributed by atoms with E-state index in [-0.39, 0.29) is 6.61 Å². The van der Waals surface area contributed by atoms with E-state index in [1.807, 2.05) is 54.6 Å². The summed E-state index contributed by atoms with van der Waals surface area (Å²) in [5.41, 5.74) is 1.39. The number of hydrogen-bond acceptors (Lipinski definition) is 2. The smallest absolute Gasteiger partial charge is 0.0859 e. The van der Waals surface area contributed by atoms with Crippen LogP contribution in [-0.2, 0) is 5.54 Å². The molecular weight excluding hydrogens is 282 g/mol. The van der Waals surface area contributed by atoms with E-state index in [9.17, 15) is 5.11 Å². The van der Waals surface area contributed by atoms with Crippen molar-refractivity contribution >= 4 is 17.3 Å². The quantitative estimate of drug-likeness (QED) is 0.811. The topological polar surface area (TPSA) is 32.3 Å². The Morgan fingerprint density at radius 1 is 1.05 bits per heavy atom. The van der Waals surface area contributed by atoms with Crippen LogP contribution in [0.15, 0.2) is 54.6 Å². The maximum Gasteiger partial charge on any atom is 0.0859 e. The summed E-state index contributed by atoms with van der Waals surface area (Å²) in [6.07, 6.45) is 0.818. The van der Waals surface area contributed by atoms with Gasteiger partial charge in [-0.3, -0.25) is 0 Å². The van der Waals surface area contributed by atoms with Crippen LogP contribution in [0.5, 0.6) is 0 Å². The summed E-state index contributed by atoms with van der Waals surface area (Å²) < 4.78 is 0. The summed E-state index contributed by atoms with van der Waals surface area (Å²) in [7, 11) is 0. The molecule has 0 saturated carbocycles. The van der Waals surface area contributed by atoms with Gasteiger partial charge in [0.1, 0.15) is 0 Å². The number of rotatable bonds is 6. The lowest BCUT2D eigenvalue weighted by Crippen LogP contribution is -2.40. The van der Waals surface area contributed by atoms with E-state index in [4.69, 9.17) is 11.6 Å². The van der Waals surface area contributed by atoms with Gasteiger partial charge in [0.2, 0.25) is 0 Å². The third-order valence-corrected chi connectivity index (χ3v) is 3.93. The molecule has 3 heteroatoms. The largest absolute Gasteiger partial charge is 0.394 e. The molecule has 21 heavy (non-hydrogen) atoms. The Balaban J connectivity index is 2.43. The van der Waals surface area contributed by atoms with E-state index in [0.29, 0.717) is 10.9 Å². The number of benzene rings is 2. The van der Waals surface area contributed by atoms with E-state index in [1.54, 1.807) is 0 Å². The lowest BCUT2D eigenvalue weighted by atomic mass is 9.82. The van der Waals surface area contributed by atoms with E-state index in [0.717, 1.165) is 17.7 Å². The van der Waals surface area contributed by atoms with Gasteiger partial charge >= 0.3 is 0 Å². The molecule has 0 bridgehead atoms. The monoisotopic (exact) mass is 303 g/mol. The van der Waals surface area contributed by atoms with Crippen molar-refractivity contribution in [3.63, 3.8) is 0 Å². The Morgan fingerprint density at radius 3 is 2.24 bits per heavy atom. The lowest BCUT2D eigenvalue weighted by molar-refractivity contribution is 0.190. The second-order valence-corrected chi connectivity index (χ2v) is 6.22. The van der Waals surface area contributed by atoms with Crippen LogP contribution in [-0.4, -0.2) is 11.7 Å². The van der Waals surface area contributed by atoms with Gasteiger partial charge in [-0.2, -0.15) is 0 Å². The number of anilines is 1. The van der Waals surface area contributed by atoms with Crippen LogP contribution in [0, 0.1) is 5.92 Å². The highest BCUT2D eigenvalue weighted by Gasteiger charge is 2.32. The SMILES string of the molecule is CC(C)CC(CO)(Nc1ccccc1Cl)c1ccccc1. The molecule has 0 spiro atoms. The number of aliphatic hydroxyl groups is 1. The van der Waals surface area contributed by atoms with Gasteiger partial charge in [0.15, 0.2) is 0 Å². The molecule has 2 rings (SSSR count). The molecule has 112 valence electrons. The van der Waals surface area contributed by atoms with Gasteiger partial charge in [0.05, 0.1) is 22.9 Å². The maximum atomic E-state index is 10.1. The highest BCUT2D eigenvalue weighted by atomic mass is 35.5. The fourth-order valence-electron chi connectivity index (χ4n) is 2.71. The second kappa shape index (κ2) is 6.97. The third kappa shape index (κ3) is 3.78. The van der Waals surface area contributed by atoms with Crippen molar-refractivity contribution in [1.82, 2.24) is 0 Å². The summed E-state index contributed by atoms with van der Waals surface area (Å²) in [5, 5.41) is 14.3. The number of hydrogen-bond donors (Lipinski definition) is 2. The van der Waals surface area contributed by atoms with Gasteiger partial charge in [0, 0.05) is 0 Å². The predicted octanol–water partition coefficient (Wildman–Crippen LogP) is 4.69. The van der Waals surface area contributed by atoms with E-state index < -0.39 is 5.54 Å². The normalized spacial score (nSPS) is 14.0. The molecule has 0 amide bonds. The van der Waals surface area contributed by atoms with Crippen molar-refractivity contribution in [3.05, 3.63) is 65.2 Å². The van der Waals surface area contributed by atoms with Crippen molar-refractivity contribution in [3.8, 4) is 0 Å². The summed E-state index contributed by atoms with van der Waals surface area (Å²) >= 11 is 6.27. The van der Waals surface area contributed by atoms with Crippen LogP contribution in [0.4, 0.5) is 5.69 Å². The highest BCUT2D eigenvalue weighted by Crippen LogP contribution is 2.34. The standard InChI is InChI=1S/C18H22ClNO/c1-14(2)12-18(13-21,15-8-4-3-5-9-15)20-17-11-7-6-10-16(17)19/h3-11,14,20-21H,12-13H2,1-2H3. The van der Waals surface area contributed by atoms with Gasteiger partial charge in [0.25, 0.3) is 0 Å². The first-order valence-corrected chi connectivity index (χ1v) is 7.64. The van der Waals surface area contributed by atoms with Crippen molar-refractivity contribution < 1.29 is 5.11 Å². The van der Waals surface area contributed by atoms with Gasteiger partial charge in [-0.25, -0.2) is 0 Å². The molecule has 0 aliphatic rings. The minimum atomic E-state index is -0.527. The van der Waals surface area contributed by atoms with Crippen molar-refractivity contribution in [2.24, 2.45) is 5.92 Å². The number of halogens is 1. The fraction of sp³-hybridized carbons (Fsp3) is 0.333. The second-order valence-electron chi connectivity index (χ2n) is 5.81. The zero-order chi connectivity index (χ0) is 15.3. The third-order valence-electron chi connectivity index (χ3n) is 3.60. The Kier molecular flexibility index (Phi) is 5.27. The molecule has 1 atom stereocenters. The molecule has 0 radical (unpaired) electrons. The minimum Gasteiger partial charge on any atom is -0.394 e. The first kappa shape index (κ1) is 15.9. The van der Waals surface area contributed by atoms with Crippen molar-refractivity contribution in [2.45, 2.75) is 25.8 Å². The molecule has 0 fully saturated rings.